The Bertz CT molecular complexity index is 242. The normalized spacial score (nSPS) is 12.9. The summed E-state index contributed by atoms with van der Waals surface area (Å²) in [6, 6.07) is 0. The van der Waals surface area contributed by atoms with Crippen molar-refractivity contribution in [2.75, 3.05) is 0 Å². The second kappa shape index (κ2) is 1.54. The molecular weight excluding hydrogens is 112 g/mol. The van der Waals surface area contributed by atoms with Crippen LogP contribution in [0.25, 0.3) is 12.2 Å². The molecule has 0 bridgehead atoms. The molecule has 0 saturated carbocycles. The molecule has 2 rings (SSSR count). The topological polar surface area (TPSA) is 28.7 Å². The lowest BCUT2D eigenvalue weighted by atomic mass is 10.2. The number of hydrogen-bond acceptors (Lipinski definition) is 1. The third kappa shape index (κ3) is 0.574. The summed E-state index contributed by atoms with van der Waals surface area (Å²) >= 11 is 0. The second-order valence-electron chi connectivity index (χ2n) is 1.85. The minimum atomic E-state index is 0.970. The lowest BCUT2D eigenvalue weighted by molar-refractivity contribution is 1.30. The molecule has 0 fully saturated rings. The van der Waals surface area contributed by atoms with E-state index in [0.29, 0.717) is 0 Å². The van der Waals surface area contributed by atoms with Crippen molar-refractivity contribution in [2.45, 2.75) is 0 Å². The van der Waals surface area contributed by atoms with E-state index in [1.165, 1.54) is 0 Å². The highest BCUT2D eigenvalue weighted by Crippen LogP contribution is 2.10. The van der Waals surface area contributed by atoms with E-state index in [-0.39, 0.29) is 0 Å². The molecule has 0 atom stereocenters. The standard InChI is InChI=1S/C7H5N2/c1-2-4-7-6(3-1)8-5-9-7/h1,3-5H,(H,8,9)/q+1. The van der Waals surface area contributed by atoms with Crippen molar-refractivity contribution >= 4 is 12.2 Å². The maximum Gasteiger partial charge on any atom is 0.202 e. The number of aromatic amines is 1. The molecule has 1 aliphatic carbocycles. The zero-order valence-electron chi connectivity index (χ0n) is 4.76. The van der Waals surface area contributed by atoms with Crippen molar-refractivity contribution in [1.82, 2.24) is 9.97 Å². The summed E-state index contributed by atoms with van der Waals surface area (Å²) in [4.78, 5) is 7.02. The summed E-state index contributed by atoms with van der Waals surface area (Å²) in [6.45, 7) is 0. The average molecular weight is 117 g/mol. The van der Waals surface area contributed by atoms with E-state index in [0.717, 1.165) is 11.4 Å². The molecule has 2 nitrogen and oxygen atoms in total. The third-order valence-electron chi connectivity index (χ3n) is 1.27. The fourth-order valence-corrected chi connectivity index (χ4v) is 0.822. The minimum Gasteiger partial charge on any atom is -0.321 e. The summed E-state index contributed by atoms with van der Waals surface area (Å²) in [5.74, 6) is 0. The summed E-state index contributed by atoms with van der Waals surface area (Å²) < 4.78 is 0. The molecular formula is C7H5N2+. The molecule has 0 spiro atoms. The third-order valence-corrected chi connectivity index (χ3v) is 1.27. The molecule has 1 aliphatic rings. The first-order chi connectivity index (χ1) is 4.47. The van der Waals surface area contributed by atoms with Gasteiger partial charge in [0.05, 0.1) is 6.08 Å². The molecule has 0 unspecified atom stereocenters. The number of rotatable bonds is 0. The maximum absolute atomic E-state index is 4.03. The maximum atomic E-state index is 4.03. The van der Waals surface area contributed by atoms with Gasteiger partial charge >= 0.3 is 0 Å². The van der Waals surface area contributed by atoms with E-state index in [4.69, 9.17) is 0 Å². The highest BCUT2D eigenvalue weighted by Gasteiger charge is 2.09. The highest BCUT2D eigenvalue weighted by atomic mass is 14.9. The van der Waals surface area contributed by atoms with E-state index >= 15 is 0 Å². The first kappa shape index (κ1) is 4.48. The lowest BCUT2D eigenvalue weighted by Crippen LogP contribution is -1.79. The summed E-state index contributed by atoms with van der Waals surface area (Å²) in [5, 5.41) is 0. The van der Waals surface area contributed by atoms with Crippen molar-refractivity contribution in [3.8, 4) is 0 Å². The van der Waals surface area contributed by atoms with Gasteiger partial charge in [0.25, 0.3) is 0 Å². The van der Waals surface area contributed by atoms with Gasteiger partial charge in [-0.3, -0.25) is 0 Å². The van der Waals surface area contributed by atoms with Crippen LogP contribution in [0.1, 0.15) is 11.4 Å². The van der Waals surface area contributed by atoms with Gasteiger partial charge in [0.15, 0.2) is 5.69 Å². The van der Waals surface area contributed by atoms with Gasteiger partial charge in [-0.05, 0) is 0 Å². The lowest BCUT2D eigenvalue weighted by Gasteiger charge is -1.80. The Morgan fingerprint density at radius 2 is 2.56 bits per heavy atom. The van der Waals surface area contributed by atoms with Crippen molar-refractivity contribution in [3.05, 3.63) is 29.9 Å². The number of allylic oxidation sites excluding steroid dienone is 2. The number of nitrogens with zero attached hydrogens (tertiary/aromatic N) is 1. The number of nitrogens with one attached hydrogen (secondary N) is 1. The molecule has 9 heavy (non-hydrogen) atoms. The van der Waals surface area contributed by atoms with Crippen molar-refractivity contribution in [2.24, 2.45) is 0 Å². The summed E-state index contributed by atoms with van der Waals surface area (Å²) in [5.41, 5.74) is 2.03. The SMILES string of the molecule is [C+]1=Cc2nc[nH]c2C=C1. The van der Waals surface area contributed by atoms with E-state index < -0.39 is 0 Å². The Balaban J connectivity index is 2.68. The minimum absolute atomic E-state index is 0.970. The van der Waals surface area contributed by atoms with Gasteiger partial charge in [-0.2, -0.15) is 4.98 Å². The monoisotopic (exact) mass is 117 g/mol. The van der Waals surface area contributed by atoms with Crippen LogP contribution in [0.5, 0.6) is 0 Å². The molecule has 1 N–H and O–H groups in total. The molecule has 0 radical (unpaired) electrons. The molecule has 2 heteroatoms. The number of H-pyrrole nitrogens is 1. The van der Waals surface area contributed by atoms with Crippen LogP contribution in [0.15, 0.2) is 12.4 Å². The van der Waals surface area contributed by atoms with Crippen LogP contribution in [0, 0.1) is 6.08 Å². The molecule has 1 aromatic heterocycles. The zero-order valence-corrected chi connectivity index (χ0v) is 4.76. The largest absolute Gasteiger partial charge is 0.321 e. The molecule has 0 aromatic carbocycles. The number of aromatic nitrogens is 2. The Hall–Kier alpha value is -1.40. The van der Waals surface area contributed by atoms with Crippen LogP contribution < -0.4 is 0 Å². The smallest absolute Gasteiger partial charge is 0.202 e. The van der Waals surface area contributed by atoms with Crippen LogP contribution in [-0.2, 0) is 0 Å². The van der Waals surface area contributed by atoms with Crippen molar-refractivity contribution < 1.29 is 0 Å². The van der Waals surface area contributed by atoms with Gasteiger partial charge in [0, 0.05) is 6.08 Å². The average Bonchev–Trinajstić information content (AvgIpc) is 2.33. The van der Waals surface area contributed by atoms with Crippen LogP contribution in [0.2, 0.25) is 0 Å². The van der Waals surface area contributed by atoms with Gasteiger partial charge in [-0.25, -0.2) is 0 Å². The Morgan fingerprint density at radius 1 is 1.56 bits per heavy atom. The molecule has 0 saturated heterocycles. The Kier molecular flexibility index (Phi) is 0.765. The van der Waals surface area contributed by atoms with Crippen LogP contribution in [-0.4, -0.2) is 9.97 Å². The molecule has 1 aromatic rings. The first-order valence-electron chi connectivity index (χ1n) is 2.76. The van der Waals surface area contributed by atoms with Crippen LogP contribution in [0.3, 0.4) is 0 Å². The second-order valence-corrected chi connectivity index (χ2v) is 1.85. The zero-order chi connectivity index (χ0) is 6.10. The van der Waals surface area contributed by atoms with Gasteiger partial charge in [0.2, 0.25) is 5.69 Å². The molecule has 0 amide bonds. The van der Waals surface area contributed by atoms with E-state index in [2.05, 4.69) is 16.0 Å². The highest BCUT2D eigenvalue weighted by molar-refractivity contribution is 5.64. The summed E-state index contributed by atoms with van der Waals surface area (Å²) in [7, 11) is 0. The van der Waals surface area contributed by atoms with E-state index in [1.54, 1.807) is 6.33 Å². The fourth-order valence-electron chi connectivity index (χ4n) is 0.822. The van der Waals surface area contributed by atoms with Crippen LogP contribution in [0.4, 0.5) is 0 Å². The predicted octanol–water partition coefficient (Wildman–Crippen LogP) is 1.25. The van der Waals surface area contributed by atoms with Gasteiger partial charge in [-0.1, -0.05) is 0 Å². The summed E-state index contributed by atoms with van der Waals surface area (Å²) in [6.07, 6.45) is 10.3. The molecule has 1 heterocycles. The molecule has 0 aliphatic heterocycles. The number of imidazole rings is 1. The van der Waals surface area contributed by atoms with Gasteiger partial charge < -0.3 is 4.98 Å². The number of fused-ring (bicyclic) bond motifs is 1. The fraction of sp³-hybridized carbons (Fsp3) is 0. The van der Waals surface area contributed by atoms with E-state index in [9.17, 15) is 0 Å². The van der Waals surface area contributed by atoms with Crippen LogP contribution >= 0.6 is 0 Å². The number of hydrogen-bond donors (Lipinski definition) is 1. The van der Waals surface area contributed by atoms with Gasteiger partial charge in [0.1, 0.15) is 18.5 Å². The quantitative estimate of drug-likeness (QED) is 0.509. The van der Waals surface area contributed by atoms with E-state index in [1.807, 2.05) is 18.2 Å². The van der Waals surface area contributed by atoms with Gasteiger partial charge in [-0.15, -0.1) is 0 Å². The molecule has 42 valence electrons. The Labute approximate surface area is 52.9 Å². The Morgan fingerprint density at radius 3 is 3.44 bits per heavy atom. The van der Waals surface area contributed by atoms with Crippen molar-refractivity contribution in [3.63, 3.8) is 0 Å². The predicted molar refractivity (Wildman–Crippen MR) is 35.3 cm³/mol. The van der Waals surface area contributed by atoms with Crippen molar-refractivity contribution in [1.29, 1.82) is 0 Å². The first-order valence-corrected chi connectivity index (χ1v) is 2.76.